The molecule has 1 amide bonds. The third-order valence-corrected chi connectivity index (χ3v) is 3.74. The van der Waals surface area contributed by atoms with Crippen LogP contribution in [-0.4, -0.2) is 23.7 Å². The Morgan fingerprint density at radius 1 is 1.40 bits per heavy atom. The van der Waals surface area contributed by atoms with Gasteiger partial charge in [0.25, 0.3) is 5.91 Å². The Kier molecular flexibility index (Phi) is 5.41. The Balaban J connectivity index is 1.88. The lowest BCUT2D eigenvalue weighted by Crippen LogP contribution is -2.36. The maximum atomic E-state index is 11.8. The Bertz CT molecular complexity index is 441. The standard InChI is InChI=1S/C16H23NO3/c1-2-14(18)13-9-5-6-10-15(13)20-11-16(19)17-12-7-3-4-8-12/h5-6,9-10,12,14,18H,2-4,7-8,11H2,1H3,(H,17,19)/t14-/m0/s1. The lowest BCUT2D eigenvalue weighted by atomic mass is 10.1. The fraction of sp³-hybridized carbons (Fsp3) is 0.562. The largest absolute Gasteiger partial charge is 0.483 e. The zero-order valence-corrected chi connectivity index (χ0v) is 12.0. The molecule has 0 spiro atoms. The zero-order valence-electron chi connectivity index (χ0n) is 12.0. The van der Waals surface area contributed by atoms with E-state index in [0.717, 1.165) is 18.4 Å². The maximum Gasteiger partial charge on any atom is 0.258 e. The maximum absolute atomic E-state index is 11.8. The second kappa shape index (κ2) is 7.29. The van der Waals surface area contributed by atoms with Crippen LogP contribution >= 0.6 is 0 Å². The van der Waals surface area contributed by atoms with Crippen molar-refractivity contribution < 1.29 is 14.6 Å². The summed E-state index contributed by atoms with van der Waals surface area (Å²) in [4.78, 5) is 11.8. The van der Waals surface area contributed by atoms with Gasteiger partial charge < -0.3 is 15.2 Å². The van der Waals surface area contributed by atoms with E-state index < -0.39 is 6.10 Å². The highest BCUT2D eigenvalue weighted by atomic mass is 16.5. The number of amides is 1. The van der Waals surface area contributed by atoms with Crippen LogP contribution in [0.15, 0.2) is 24.3 Å². The van der Waals surface area contributed by atoms with Crippen LogP contribution < -0.4 is 10.1 Å². The third-order valence-electron chi connectivity index (χ3n) is 3.74. The van der Waals surface area contributed by atoms with Crippen LogP contribution in [0.4, 0.5) is 0 Å². The van der Waals surface area contributed by atoms with Crippen LogP contribution in [0.5, 0.6) is 5.75 Å². The summed E-state index contributed by atoms with van der Waals surface area (Å²) in [6, 6.07) is 7.63. The molecule has 0 aliphatic heterocycles. The molecule has 2 N–H and O–H groups in total. The number of ether oxygens (including phenoxy) is 1. The number of carbonyl (C=O) groups excluding carboxylic acids is 1. The van der Waals surface area contributed by atoms with Gasteiger partial charge >= 0.3 is 0 Å². The first kappa shape index (κ1) is 14.9. The van der Waals surface area contributed by atoms with E-state index >= 15 is 0 Å². The number of para-hydroxylation sites is 1. The average molecular weight is 277 g/mol. The molecule has 1 fully saturated rings. The predicted molar refractivity (Wildman–Crippen MR) is 77.6 cm³/mol. The fourth-order valence-corrected chi connectivity index (χ4v) is 2.59. The molecule has 0 unspecified atom stereocenters. The summed E-state index contributed by atoms with van der Waals surface area (Å²) in [5, 5.41) is 12.9. The van der Waals surface area contributed by atoms with Crippen molar-refractivity contribution in [3.63, 3.8) is 0 Å². The summed E-state index contributed by atoms with van der Waals surface area (Å²) in [6.07, 6.45) is 4.58. The molecular weight excluding hydrogens is 254 g/mol. The van der Waals surface area contributed by atoms with Crippen LogP contribution in [0, 0.1) is 0 Å². The van der Waals surface area contributed by atoms with Crippen molar-refractivity contribution in [2.24, 2.45) is 0 Å². The highest BCUT2D eigenvalue weighted by molar-refractivity contribution is 5.77. The minimum atomic E-state index is -0.552. The number of benzene rings is 1. The summed E-state index contributed by atoms with van der Waals surface area (Å²) in [5.41, 5.74) is 0.740. The van der Waals surface area contributed by atoms with Gasteiger partial charge in [0.05, 0.1) is 6.10 Å². The summed E-state index contributed by atoms with van der Waals surface area (Å²) in [6.45, 7) is 1.91. The van der Waals surface area contributed by atoms with Gasteiger partial charge in [0.2, 0.25) is 0 Å². The van der Waals surface area contributed by atoms with Gasteiger partial charge in [-0.2, -0.15) is 0 Å². The highest BCUT2D eigenvalue weighted by Crippen LogP contribution is 2.26. The van der Waals surface area contributed by atoms with Crippen LogP contribution in [-0.2, 0) is 4.79 Å². The lowest BCUT2D eigenvalue weighted by Gasteiger charge is -2.16. The van der Waals surface area contributed by atoms with E-state index in [1.54, 1.807) is 6.07 Å². The van der Waals surface area contributed by atoms with Gasteiger partial charge in [-0.05, 0) is 25.3 Å². The van der Waals surface area contributed by atoms with Gasteiger partial charge in [-0.15, -0.1) is 0 Å². The molecule has 20 heavy (non-hydrogen) atoms. The number of hydrogen-bond donors (Lipinski definition) is 2. The number of carbonyl (C=O) groups is 1. The molecule has 1 aliphatic carbocycles. The third kappa shape index (κ3) is 3.97. The van der Waals surface area contributed by atoms with Crippen molar-refractivity contribution >= 4 is 5.91 Å². The Labute approximate surface area is 120 Å². The smallest absolute Gasteiger partial charge is 0.258 e. The first-order valence-corrected chi connectivity index (χ1v) is 7.40. The van der Waals surface area contributed by atoms with Gasteiger partial charge in [-0.3, -0.25) is 4.79 Å². The van der Waals surface area contributed by atoms with Crippen molar-refractivity contribution in [2.75, 3.05) is 6.61 Å². The minimum absolute atomic E-state index is 0.00392. The van der Waals surface area contributed by atoms with Crippen molar-refractivity contribution in [1.82, 2.24) is 5.32 Å². The van der Waals surface area contributed by atoms with E-state index in [2.05, 4.69) is 5.32 Å². The lowest BCUT2D eigenvalue weighted by molar-refractivity contribution is -0.123. The van der Waals surface area contributed by atoms with Gasteiger partial charge in [-0.25, -0.2) is 0 Å². The van der Waals surface area contributed by atoms with E-state index in [4.69, 9.17) is 4.74 Å². The van der Waals surface area contributed by atoms with Gasteiger partial charge in [0.15, 0.2) is 6.61 Å². The molecule has 1 aromatic carbocycles. The van der Waals surface area contributed by atoms with Crippen LogP contribution in [0.25, 0.3) is 0 Å². The molecule has 0 heterocycles. The molecule has 0 radical (unpaired) electrons. The molecule has 4 nitrogen and oxygen atoms in total. The average Bonchev–Trinajstić information content (AvgIpc) is 2.97. The Morgan fingerprint density at radius 3 is 2.80 bits per heavy atom. The molecule has 110 valence electrons. The molecule has 1 atom stereocenters. The second-order valence-corrected chi connectivity index (χ2v) is 5.30. The van der Waals surface area contributed by atoms with Gasteiger partial charge in [0.1, 0.15) is 5.75 Å². The van der Waals surface area contributed by atoms with Crippen molar-refractivity contribution in [1.29, 1.82) is 0 Å². The van der Waals surface area contributed by atoms with Crippen molar-refractivity contribution in [3.05, 3.63) is 29.8 Å². The topological polar surface area (TPSA) is 58.6 Å². The van der Waals surface area contributed by atoms with E-state index in [1.165, 1.54) is 12.8 Å². The number of hydrogen-bond acceptors (Lipinski definition) is 3. The van der Waals surface area contributed by atoms with Gasteiger partial charge in [-0.1, -0.05) is 38.0 Å². The summed E-state index contributed by atoms with van der Waals surface area (Å²) < 4.78 is 5.56. The Morgan fingerprint density at radius 2 is 2.10 bits per heavy atom. The number of rotatable bonds is 6. The molecule has 4 heteroatoms. The van der Waals surface area contributed by atoms with E-state index in [0.29, 0.717) is 18.2 Å². The van der Waals surface area contributed by atoms with Gasteiger partial charge in [0, 0.05) is 11.6 Å². The van der Waals surface area contributed by atoms with E-state index in [9.17, 15) is 9.90 Å². The summed E-state index contributed by atoms with van der Waals surface area (Å²) >= 11 is 0. The monoisotopic (exact) mass is 277 g/mol. The first-order chi connectivity index (χ1) is 9.70. The van der Waals surface area contributed by atoms with Crippen LogP contribution in [0.3, 0.4) is 0 Å². The fourth-order valence-electron chi connectivity index (χ4n) is 2.59. The molecule has 1 aromatic rings. The van der Waals surface area contributed by atoms with Crippen LogP contribution in [0.2, 0.25) is 0 Å². The first-order valence-electron chi connectivity index (χ1n) is 7.40. The predicted octanol–water partition coefficient (Wildman–Crippen LogP) is 2.57. The summed E-state index contributed by atoms with van der Waals surface area (Å²) in [5.74, 6) is 0.501. The summed E-state index contributed by atoms with van der Waals surface area (Å²) in [7, 11) is 0. The molecule has 0 bridgehead atoms. The van der Waals surface area contributed by atoms with Crippen LogP contribution in [0.1, 0.15) is 50.7 Å². The van der Waals surface area contributed by atoms with E-state index in [-0.39, 0.29) is 12.5 Å². The van der Waals surface area contributed by atoms with Crippen molar-refractivity contribution in [2.45, 2.75) is 51.2 Å². The normalized spacial score (nSPS) is 16.9. The molecule has 0 aromatic heterocycles. The number of aliphatic hydroxyl groups is 1. The number of aliphatic hydroxyl groups excluding tert-OH is 1. The Hall–Kier alpha value is -1.55. The molecular formula is C16H23NO3. The SMILES string of the molecule is CC[C@H](O)c1ccccc1OCC(=O)NC1CCCC1. The zero-order chi connectivity index (χ0) is 14.4. The highest BCUT2D eigenvalue weighted by Gasteiger charge is 2.18. The van der Waals surface area contributed by atoms with Crippen molar-refractivity contribution in [3.8, 4) is 5.75 Å². The minimum Gasteiger partial charge on any atom is -0.483 e. The quantitative estimate of drug-likeness (QED) is 0.840. The second-order valence-electron chi connectivity index (χ2n) is 5.30. The molecule has 0 saturated heterocycles. The molecule has 2 rings (SSSR count). The molecule has 1 aliphatic rings. The molecule has 1 saturated carbocycles. The van der Waals surface area contributed by atoms with E-state index in [1.807, 2.05) is 25.1 Å². The number of nitrogens with one attached hydrogen (secondary N) is 1.